The van der Waals surface area contributed by atoms with Crippen molar-refractivity contribution in [3.8, 4) is 11.5 Å². The molecule has 1 saturated heterocycles. The molecule has 0 radical (unpaired) electrons. The molecule has 1 amide bonds. The highest BCUT2D eigenvalue weighted by Crippen LogP contribution is 2.28. The summed E-state index contributed by atoms with van der Waals surface area (Å²) >= 11 is 0. The Kier molecular flexibility index (Phi) is 7.28. The molecule has 1 aliphatic heterocycles. The number of unbranched alkanes of at least 4 members (excludes halogenated alkanes) is 1. The first kappa shape index (κ1) is 20.5. The van der Waals surface area contributed by atoms with Crippen LogP contribution in [0.25, 0.3) is 0 Å². The van der Waals surface area contributed by atoms with Crippen LogP contribution in [0.1, 0.15) is 43.0 Å². The van der Waals surface area contributed by atoms with E-state index in [-0.39, 0.29) is 17.7 Å². The lowest BCUT2D eigenvalue weighted by Gasteiger charge is -2.32. The second-order valence-electron chi connectivity index (χ2n) is 6.43. The Hall–Kier alpha value is -1.80. The van der Waals surface area contributed by atoms with Crippen LogP contribution in [0.15, 0.2) is 18.2 Å². The standard InChI is InChI=1S/C18H28N2O5S/c1-4-5-12-26(22,23)19-15-8-10-20(11-9-15)18(21)14-6-7-16(24-2)17(13-14)25-3/h6-7,13,15,19H,4-5,8-12H2,1-3H3. The maximum Gasteiger partial charge on any atom is 0.253 e. The predicted octanol–water partition coefficient (Wildman–Crippen LogP) is 2.03. The average Bonchev–Trinajstić information content (AvgIpc) is 2.65. The van der Waals surface area contributed by atoms with Crippen molar-refractivity contribution in [3.63, 3.8) is 0 Å². The van der Waals surface area contributed by atoms with E-state index in [1.54, 1.807) is 30.2 Å². The van der Waals surface area contributed by atoms with Gasteiger partial charge in [-0.25, -0.2) is 13.1 Å². The van der Waals surface area contributed by atoms with Crippen LogP contribution in [0.5, 0.6) is 11.5 Å². The third-order valence-corrected chi connectivity index (χ3v) is 6.04. The Bertz CT molecular complexity index is 712. The monoisotopic (exact) mass is 384 g/mol. The van der Waals surface area contributed by atoms with Gasteiger partial charge in [-0.1, -0.05) is 13.3 Å². The molecular formula is C18H28N2O5S. The number of carbonyl (C=O) groups excluding carboxylic acids is 1. The third-order valence-electron chi connectivity index (χ3n) is 4.53. The smallest absolute Gasteiger partial charge is 0.253 e. The van der Waals surface area contributed by atoms with Crippen molar-refractivity contribution in [2.24, 2.45) is 0 Å². The van der Waals surface area contributed by atoms with Crippen molar-refractivity contribution < 1.29 is 22.7 Å². The first-order valence-electron chi connectivity index (χ1n) is 8.91. The van der Waals surface area contributed by atoms with E-state index in [2.05, 4.69) is 4.72 Å². The first-order chi connectivity index (χ1) is 12.4. The number of sulfonamides is 1. The van der Waals surface area contributed by atoms with E-state index in [1.807, 2.05) is 6.92 Å². The molecule has 1 N–H and O–H groups in total. The first-order valence-corrected chi connectivity index (χ1v) is 10.6. The number of nitrogens with zero attached hydrogens (tertiary/aromatic N) is 1. The van der Waals surface area contributed by atoms with E-state index >= 15 is 0 Å². The van der Waals surface area contributed by atoms with Crippen LogP contribution in [-0.4, -0.2) is 58.3 Å². The van der Waals surface area contributed by atoms with Gasteiger partial charge < -0.3 is 14.4 Å². The summed E-state index contributed by atoms with van der Waals surface area (Å²) in [6, 6.07) is 4.98. The van der Waals surface area contributed by atoms with Gasteiger partial charge in [-0.15, -0.1) is 0 Å². The molecule has 26 heavy (non-hydrogen) atoms. The zero-order chi connectivity index (χ0) is 19.2. The number of hydrogen-bond donors (Lipinski definition) is 1. The molecule has 0 spiro atoms. The van der Waals surface area contributed by atoms with Crippen LogP contribution < -0.4 is 14.2 Å². The van der Waals surface area contributed by atoms with E-state index in [9.17, 15) is 13.2 Å². The summed E-state index contributed by atoms with van der Waals surface area (Å²) in [4.78, 5) is 14.4. The predicted molar refractivity (Wildman–Crippen MR) is 100 cm³/mol. The molecule has 0 aromatic heterocycles. The SMILES string of the molecule is CCCCS(=O)(=O)NC1CCN(C(=O)c2ccc(OC)c(OC)c2)CC1. The van der Waals surface area contributed by atoms with Crippen LogP contribution >= 0.6 is 0 Å². The average molecular weight is 384 g/mol. The van der Waals surface area contributed by atoms with Gasteiger partial charge in [0, 0.05) is 24.7 Å². The Morgan fingerprint density at radius 1 is 1.19 bits per heavy atom. The zero-order valence-corrected chi connectivity index (χ0v) is 16.5. The van der Waals surface area contributed by atoms with Gasteiger partial charge in [-0.3, -0.25) is 4.79 Å². The van der Waals surface area contributed by atoms with Gasteiger partial charge in [0.2, 0.25) is 10.0 Å². The minimum atomic E-state index is -3.23. The lowest BCUT2D eigenvalue weighted by atomic mass is 10.0. The summed E-state index contributed by atoms with van der Waals surface area (Å²) in [5.74, 6) is 1.16. The van der Waals surface area contributed by atoms with Crippen molar-refractivity contribution in [2.75, 3.05) is 33.1 Å². The molecule has 1 aromatic rings. The molecule has 1 aromatic carbocycles. The van der Waals surface area contributed by atoms with Gasteiger partial charge in [0.1, 0.15) is 0 Å². The van der Waals surface area contributed by atoms with Gasteiger partial charge in [0.15, 0.2) is 11.5 Å². The molecule has 0 bridgehead atoms. The topological polar surface area (TPSA) is 84.9 Å². The highest BCUT2D eigenvalue weighted by molar-refractivity contribution is 7.89. The molecule has 1 heterocycles. The quantitative estimate of drug-likeness (QED) is 0.741. The van der Waals surface area contributed by atoms with Gasteiger partial charge in [0.25, 0.3) is 5.91 Å². The van der Waals surface area contributed by atoms with E-state index in [0.29, 0.717) is 49.4 Å². The fourth-order valence-electron chi connectivity index (χ4n) is 3.00. The van der Waals surface area contributed by atoms with Crippen molar-refractivity contribution in [1.82, 2.24) is 9.62 Å². The lowest BCUT2D eigenvalue weighted by Crippen LogP contribution is -2.47. The minimum absolute atomic E-state index is 0.0850. The molecular weight excluding hydrogens is 356 g/mol. The maximum absolute atomic E-state index is 12.7. The molecule has 0 aliphatic carbocycles. The summed E-state index contributed by atoms with van der Waals surface area (Å²) in [6.07, 6.45) is 2.74. The number of hydrogen-bond acceptors (Lipinski definition) is 5. The zero-order valence-electron chi connectivity index (χ0n) is 15.7. The maximum atomic E-state index is 12.7. The molecule has 2 rings (SSSR count). The van der Waals surface area contributed by atoms with Crippen molar-refractivity contribution >= 4 is 15.9 Å². The number of ether oxygens (including phenoxy) is 2. The normalized spacial score (nSPS) is 15.7. The number of carbonyl (C=O) groups is 1. The molecule has 1 fully saturated rings. The summed E-state index contributed by atoms with van der Waals surface area (Å²) < 4.78 is 37.2. The largest absolute Gasteiger partial charge is 0.493 e. The number of nitrogens with one attached hydrogen (secondary N) is 1. The van der Waals surface area contributed by atoms with Crippen LogP contribution in [0.2, 0.25) is 0 Å². The van der Waals surface area contributed by atoms with Crippen LogP contribution in [-0.2, 0) is 10.0 Å². The highest BCUT2D eigenvalue weighted by Gasteiger charge is 2.26. The van der Waals surface area contributed by atoms with Gasteiger partial charge in [0.05, 0.1) is 20.0 Å². The Balaban J connectivity index is 1.94. The second kappa shape index (κ2) is 9.23. The van der Waals surface area contributed by atoms with Crippen molar-refractivity contribution in [3.05, 3.63) is 23.8 Å². The number of methoxy groups -OCH3 is 2. The fourth-order valence-corrected chi connectivity index (χ4v) is 4.53. The molecule has 8 heteroatoms. The van der Waals surface area contributed by atoms with Crippen LogP contribution in [0.4, 0.5) is 0 Å². The van der Waals surface area contributed by atoms with Gasteiger partial charge in [-0.05, 0) is 37.5 Å². The molecule has 0 unspecified atom stereocenters. The summed E-state index contributed by atoms with van der Waals surface area (Å²) in [5.41, 5.74) is 0.532. The van der Waals surface area contributed by atoms with E-state index in [0.717, 1.165) is 6.42 Å². The number of benzene rings is 1. The van der Waals surface area contributed by atoms with E-state index in [1.165, 1.54) is 7.11 Å². The Morgan fingerprint density at radius 3 is 2.42 bits per heavy atom. The van der Waals surface area contributed by atoms with Crippen molar-refractivity contribution in [1.29, 1.82) is 0 Å². The van der Waals surface area contributed by atoms with Gasteiger partial charge in [-0.2, -0.15) is 0 Å². The fraction of sp³-hybridized carbons (Fsp3) is 0.611. The lowest BCUT2D eigenvalue weighted by molar-refractivity contribution is 0.0711. The minimum Gasteiger partial charge on any atom is -0.493 e. The van der Waals surface area contributed by atoms with Crippen LogP contribution in [0.3, 0.4) is 0 Å². The van der Waals surface area contributed by atoms with Gasteiger partial charge >= 0.3 is 0 Å². The van der Waals surface area contributed by atoms with Crippen molar-refractivity contribution in [2.45, 2.75) is 38.6 Å². The number of amides is 1. The van der Waals surface area contributed by atoms with E-state index in [4.69, 9.17) is 9.47 Å². The summed E-state index contributed by atoms with van der Waals surface area (Å²) in [5, 5.41) is 0. The molecule has 1 aliphatic rings. The molecule has 0 atom stereocenters. The molecule has 146 valence electrons. The number of likely N-dealkylation sites (tertiary alicyclic amines) is 1. The summed E-state index contributed by atoms with van der Waals surface area (Å²) in [7, 11) is -0.157. The Labute approximate surface area is 155 Å². The Morgan fingerprint density at radius 2 is 1.85 bits per heavy atom. The summed E-state index contributed by atoms with van der Waals surface area (Å²) in [6.45, 7) is 3.01. The highest BCUT2D eigenvalue weighted by atomic mass is 32.2. The molecule has 7 nitrogen and oxygen atoms in total. The third kappa shape index (κ3) is 5.35. The second-order valence-corrected chi connectivity index (χ2v) is 8.30. The molecule has 0 saturated carbocycles. The number of piperidine rings is 1. The van der Waals surface area contributed by atoms with E-state index < -0.39 is 10.0 Å². The van der Waals surface area contributed by atoms with Crippen LogP contribution in [0, 0.1) is 0 Å². The number of rotatable bonds is 8.